The highest BCUT2D eigenvalue weighted by atomic mass is 127. The Morgan fingerprint density at radius 2 is 0.943 bits per heavy atom. The maximum atomic E-state index is 13.6. The van der Waals surface area contributed by atoms with Gasteiger partial charge >= 0.3 is 0 Å². The molecule has 0 aliphatic carbocycles. The van der Waals surface area contributed by atoms with Gasteiger partial charge in [-0.2, -0.15) is 0 Å². The van der Waals surface area contributed by atoms with Crippen molar-refractivity contribution in [3.63, 3.8) is 0 Å². The fourth-order valence-corrected chi connectivity index (χ4v) is 8.93. The molecule has 4 aromatic rings. The van der Waals surface area contributed by atoms with Crippen molar-refractivity contribution in [1.29, 1.82) is 0 Å². The lowest BCUT2D eigenvalue weighted by Gasteiger charge is -2.38. The van der Waals surface area contributed by atoms with Gasteiger partial charge in [0.15, 0.2) is 0 Å². The maximum absolute atomic E-state index is 13.6. The minimum absolute atomic E-state index is 0. The Morgan fingerprint density at radius 3 is 1.29 bits per heavy atom. The summed E-state index contributed by atoms with van der Waals surface area (Å²) in [6.07, 6.45) is 0. The van der Waals surface area contributed by atoms with E-state index in [-0.39, 0.29) is 29.9 Å². The quantitative estimate of drug-likeness (QED) is 0.220. The summed E-state index contributed by atoms with van der Waals surface area (Å²) in [4.78, 5) is 15.6. The molecule has 0 radical (unpaired) electrons. The fraction of sp³-hybridized carbons (Fsp3) is 0.167. The number of rotatable bonds is 9. The van der Waals surface area contributed by atoms with Crippen molar-refractivity contribution in [1.82, 2.24) is 4.90 Å². The van der Waals surface area contributed by atoms with Crippen molar-refractivity contribution in [2.24, 2.45) is 0 Å². The van der Waals surface area contributed by atoms with E-state index in [9.17, 15) is 4.79 Å². The van der Waals surface area contributed by atoms with Crippen LogP contribution in [0.1, 0.15) is 13.8 Å². The van der Waals surface area contributed by atoms with Crippen molar-refractivity contribution in [2.45, 2.75) is 13.8 Å². The second-order valence-electron chi connectivity index (χ2n) is 8.10. The van der Waals surface area contributed by atoms with Crippen molar-refractivity contribution in [2.75, 3.05) is 24.3 Å². The highest BCUT2D eigenvalue weighted by Crippen LogP contribution is 2.60. The van der Waals surface area contributed by atoms with Gasteiger partial charge in [-0.1, -0.05) is 72.8 Å². The number of nitrogens with zero attached hydrogens (tertiary/aromatic N) is 2. The molecule has 0 aromatic heterocycles. The van der Waals surface area contributed by atoms with Crippen LogP contribution in [-0.2, 0) is 4.79 Å². The van der Waals surface area contributed by atoms with Gasteiger partial charge in [-0.25, -0.2) is 4.67 Å². The van der Waals surface area contributed by atoms with Gasteiger partial charge in [0.25, 0.3) is 0 Å². The number of anilines is 1. The first kappa shape index (κ1) is 26.9. The number of carbonyl (C=O) groups is 1. The van der Waals surface area contributed by atoms with Crippen LogP contribution in [0.15, 0.2) is 121 Å². The van der Waals surface area contributed by atoms with Gasteiger partial charge in [0.1, 0.15) is 22.5 Å². The molecule has 0 saturated carbocycles. The summed E-state index contributed by atoms with van der Waals surface area (Å²) in [6, 6.07) is 42.5. The van der Waals surface area contributed by atoms with E-state index in [2.05, 4.69) is 120 Å². The second-order valence-corrected chi connectivity index (χ2v) is 11.4. The molecule has 0 aliphatic heterocycles. The molecule has 0 spiro atoms. The summed E-state index contributed by atoms with van der Waals surface area (Å²) < 4.78 is 2.38. The number of hydrogen-bond acceptors (Lipinski definition) is 2. The summed E-state index contributed by atoms with van der Waals surface area (Å²) in [5.74, 6) is 0.140. The first-order valence-corrected chi connectivity index (χ1v) is 13.6. The van der Waals surface area contributed by atoms with E-state index in [1.807, 2.05) is 24.8 Å². The molecule has 35 heavy (non-hydrogen) atoms. The predicted octanol–water partition coefficient (Wildman–Crippen LogP) is 2.27. The third-order valence-electron chi connectivity index (χ3n) is 6.21. The molecule has 0 bridgehead atoms. The summed E-state index contributed by atoms with van der Waals surface area (Å²) in [5.41, 5.74) is 1.05. The third-order valence-corrected chi connectivity index (χ3v) is 10.4. The molecule has 0 N–H and O–H groups in total. The number of amides is 1. The van der Waals surface area contributed by atoms with E-state index in [0.717, 1.165) is 5.69 Å². The van der Waals surface area contributed by atoms with Crippen molar-refractivity contribution in [3.8, 4) is 0 Å². The van der Waals surface area contributed by atoms with E-state index in [1.54, 1.807) is 0 Å². The van der Waals surface area contributed by atoms with Gasteiger partial charge in [0.2, 0.25) is 13.3 Å². The van der Waals surface area contributed by atoms with Gasteiger partial charge in [0.05, 0.1) is 5.69 Å². The van der Waals surface area contributed by atoms with Gasteiger partial charge in [-0.05, 0) is 62.4 Å². The molecular formula is C30H32IN2OP. The minimum Gasteiger partial charge on any atom is -1.00 e. The van der Waals surface area contributed by atoms with Crippen LogP contribution in [0.4, 0.5) is 5.69 Å². The van der Waals surface area contributed by atoms with Crippen molar-refractivity contribution in [3.05, 3.63) is 121 Å². The SMILES string of the molecule is CCN(CC)C(=O)CN(c1ccccc1)[P+](c1ccccc1)(c1ccccc1)c1ccccc1.[I-]. The van der Waals surface area contributed by atoms with Crippen LogP contribution < -0.4 is 44.6 Å². The Morgan fingerprint density at radius 1 is 0.600 bits per heavy atom. The molecule has 0 saturated heterocycles. The molecule has 0 atom stereocenters. The molecule has 0 heterocycles. The Labute approximate surface area is 227 Å². The Kier molecular flexibility index (Phi) is 9.88. The number of likely N-dealkylation sites (N-methyl/N-ethyl adjacent to an activating group) is 1. The highest BCUT2D eigenvalue weighted by molar-refractivity contribution is 7.97. The molecule has 0 fully saturated rings. The van der Waals surface area contributed by atoms with Crippen LogP contribution in [-0.4, -0.2) is 30.4 Å². The second kappa shape index (κ2) is 12.9. The Hall–Kier alpha value is -2.69. The van der Waals surface area contributed by atoms with Gasteiger partial charge < -0.3 is 28.9 Å². The van der Waals surface area contributed by atoms with Gasteiger partial charge in [0, 0.05) is 13.1 Å². The van der Waals surface area contributed by atoms with E-state index < -0.39 is 7.41 Å². The van der Waals surface area contributed by atoms with Crippen molar-refractivity contribution < 1.29 is 28.8 Å². The van der Waals surface area contributed by atoms with Gasteiger partial charge in [-0.15, -0.1) is 0 Å². The smallest absolute Gasteiger partial charge is 0.245 e. The standard InChI is InChI=1S/C30H32N2OP.HI/c1-3-31(4-2)30(33)25-32(26-17-9-5-10-18-26)34(27-19-11-6-12-20-27,28-21-13-7-14-22-28)29-23-15-8-16-24-29;/h5-24H,3-4,25H2,1-2H3;1H/q+1;/p-1. The lowest BCUT2D eigenvalue weighted by Crippen LogP contribution is -3.00. The van der Waals surface area contributed by atoms with Crippen LogP contribution in [0.3, 0.4) is 0 Å². The van der Waals surface area contributed by atoms with E-state index in [4.69, 9.17) is 0 Å². The average Bonchev–Trinajstić information content (AvgIpc) is 2.91. The number of benzene rings is 4. The molecular weight excluding hydrogens is 562 g/mol. The third kappa shape index (κ3) is 5.60. The normalized spacial score (nSPS) is 10.8. The van der Waals surface area contributed by atoms with E-state index >= 15 is 0 Å². The topological polar surface area (TPSA) is 23.6 Å². The predicted molar refractivity (Wildman–Crippen MR) is 147 cm³/mol. The van der Waals surface area contributed by atoms with E-state index in [0.29, 0.717) is 19.6 Å². The largest absolute Gasteiger partial charge is 1.00 e. The van der Waals surface area contributed by atoms with Crippen LogP contribution in [0.5, 0.6) is 0 Å². The zero-order valence-electron chi connectivity index (χ0n) is 20.3. The Bertz CT molecular complexity index is 1070. The monoisotopic (exact) mass is 594 g/mol. The molecule has 5 heteroatoms. The van der Waals surface area contributed by atoms with Crippen LogP contribution in [0.2, 0.25) is 0 Å². The molecule has 4 aromatic carbocycles. The van der Waals surface area contributed by atoms with Crippen LogP contribution in [0.25, 0.3) is 0 Å². The summed E-state index contributed by atoms with van der Waals surface area (Å²) in [6.45, 7) is 5.79. The molecule has 0 unspecified atom stereocenters. The van der Waals surface area contributed by atoms with E-state index in [1.165, 1.54) is 15.9 Å². The summed E-state index contributed by atoms with van der Waals surface area (Å²) in [7, 11) is -2.41. The molecule has 3 nitrogen and oxygen atoms in total. The number of hydrogen-bond donors (Lipinski definition) is 0. The van der Waals surface area contributed by atoms with Crippen LogP contribution in [0, 0.1) is 0 Å². The zero-order valence-corrected chi connectivity index (χ0v) is 23.3. The zero-order chi connectivity index (χ0) is 23.8. The lowest BCUT2D eigenvalue weighted by atomic mass is 10.3. The number of halogens is 1. The highest BCUT2D eigenvalue weighted by Gasteiger charge is 2.52. The molecule has 1 amide bonds. The van der Waals surface area contributed by atoms with Crippen molar-refractivity contribution >= 4 is 34.9 Å². The molecule has 0 aliphatic rings. The molecule has 180 valence electrons. The maximum Gasteiger partial charge on any atom is 0.245 e. The lowest BCUT2D eigenvalue weighted by molar-refractivity contribution is -0.129. The van der Waals surface area contributed by atoms with Gasteiger partial charge in [-0.3, -0.25) is 4.79 Å². The fourth-order valence-electron chi connectivity index (χ4n) is 4.57. The summed E-state index contributed by atoms with van der Waals surface area (Å²) >= 11 is 0. The van der Waals surface area contributed by atoms with Crippen LogP contribution >= 0.6 is 7.41 Å². The summed E-state index contributed by atoms with van der Waals surface area (Å²) in [5, 5.41) is 3.68. The molecule has 4 rings (SSSR count). The Balaban J connectivity index is 0.00000342. The first-order valence-electron chi connectivity index (χ1n) is 11.9. The minimum atomic E-state index is -2.41. The number of carbonyl (C=O) groups excluding carboxylic acids is 1. The first-order chi connectivity index (χ1) is 16.7. The average molecular weight is 594 g/mol. The number of para-hydroxylation sites is 1.